The Bertz CT molecular complexity index is 793. The van der Waals surface area contributed by atoms with Crippen molar-refractivity contribution in [2.75, 3.05) is 31.1 Å². The van der Waals surface area contributed by atoms with Crippen molar-refractivity contribution in [1.82, 2.24) is 24.6 Å². The van der Waals surface area contributed by atoms with Gasteiger partial charge in [-0.3, -0.25) is 9.48 Å². The topological polar surface area (TPSA) is 67.2 Å². The number of hydrogen-bond acceptors (Lipinski definition) is 5. The lowest BCUT2D eigenvalue weighted by Gasteiger charge is -2.33. The van der Waals surface area contributed by atoms with Crippen LogP contribution < -0.4 is 4.90 Å². The maximum atomic E-state index is 11.8. The number of likely N-dealkylation sites (tertiary alicyclic amines) is 1. The van der Waals surface area contributed by atoms with Gasteiger partial charge in [-0.2, -0.15) is 5.10 Å². The summed E-state index contributed by atoms with van der Waals surface area (Å²) in [6.07, 6.45) is 7.94. The summed E-state index contributed by atoms with van der Waals surface area (Å²) in [6, 6.07) is 0. The number of carbonyl (C=O) groups excluding carboxylic acids is 1. The molecule has 4 heterocycles. The van der Waals surface area contributed by atoms with Gasteiger partial charge in [0.05, 0.1) is 11.6 Å². The first kappa shape index (κ1) is 17.2. The number of hydrogen-bond donors (Lipinski definition) is 0. The first-order valence-corrected chi connectivity index (χ1v) is 9.87. The number of piperidine rings is 1. The first-order valence-electron chi connectivity index (χ1n) is 9.87. The molecular weight excluding hydrogens is 328 g/mol. The largest absolute Gasteiger partial charge is 0.356 e. The highest BCUT2D eigenvalue weighted by molar-refractivity contribution is 5.87. The monoisotopic (exact) mass is 356 g/mol. The van der Waals surface area contributed by atoms with Gasteiger partial charge < -0.3 is 9.80 Å². The van der Waals surface area contributed by atoms with E-state index < -0.39 is 0 Å². The molecule has 2 saturated heterocycles. The van der Waals surface area contributed by atoms with E-state index in [-0.39, 0.29) is 0 Å². The molecule has 0 saturated carbocycles. The van der Waals surface area contributed by atoms with Gasteiger partial charge in [0.15, 0.2) is 5.65 Å². The Kier molecular flexibility index (Phi) is 4.78. The summed E-state index contributed by atoms with van der Waals surface area (Å²) in [5, 5.41) is 5.42. The molecule has 7 nitrogen and oxygen atoms in total. The van der Waals surface area contributed by atoms with Gasteiger partial charge in [0.1, 0.15) is 11.6 Å². The molecule has 26 heavy (non-hydrogen) atoms. The Hall–Kier alpha value is -2.18. The Morgan fingerprint density at radius 3 is 2.69 bits per heavy atom. The van der Waals surface area contributed by atoms with Crippen molar-refractivity contribution in [2.45, 2.75) is 45.4 Å². The van der Waals surface area contributed by atoms with E-state index in [2.05, 4.69) is 21.9 Å². The average molecular weight is 356 g/mol. The normalized spacial score (nSPS) is 19.1. The molecule has 0 N–H and O–H groups in total. The zero-order valence-electron chi connectivity index (χ0n) is 15.8. The highest BCUT2D eigenvalue weighted by Crippen LogP contribution is 2.29. The van der Waals surface area contributed by atoms with Crippen LogP contribution in [0.1, 0.15) is 44.9 Å². The van der Waals surface area contributed by atoms with Gasteiger partial charge in [0, 0.05) is 46.1 Å². The third kappa shape index (κ3) is 3.27. The van der Waals surface area contributed by atoms with E-state index in [9.17, 15) is 4.79 Å². The minimum Gasteiger partial charge on any atom is -0.356 e. The van der Waals surface area contributed by atoms with E-state index in [4.69, 9.17) is 4.98 Å². The zero-order chi connectivity index (χ0) is 18.1. The van der Waals surface area contributed by atoms with Crippen LogP contribution in [0.4, 0.5) is 5.82 Å². The number of amides is 1. The fraction of sp³-hybridized carbons (Fsp3) is 0.684. The van der Waals surface area contributed by atoms with Gasteiger partial charge >= 0.3 is 0 Å². The fourth-order valence-corrected chi connectivity index (χ4v) is 4.16. The van der Waals surface area contributed by atoms with Gasteiger partial charge in [-0.1, -0.05) is 6.92 Å². The van der Waals surface area contributed by atoms with Crippen molar-refractivity contribution in [3.63, 3.8) is 0 Å². The quantitative estimate of drug-likeness (QED) is 0.821. The molecule has 0 aliphatic carbocycles. The molecule has 0 aromatic carbocycles. The van der Waals surface area contributed by atoms with Gasteiger partial charge in [-0.05, 0) is 31.6 Å². The van der Waals surface area contributed by atoms with E-state index in [1.54, 1.807) is 0 Å². The summed E-state index contributed by atoms with van der Waals surface area (Å²) in [4.78, 5) is 25.6. The summed E-state index contributed by atoms with van der Waals surface area (Å²) in [7, 11) is 1.93. The molecule has 4 rings (SSSR count). The summed E-state index contributed by atoms with van der Waals surface area (Å²) in [5.74, 6) is 2.96. The van der Waals surface area contributed by atoms with Crippen molar-refractivity contribution < 1.29 is 4.79 Å². The minimum atomic E-state index is 0.342. The smallest absolute Gasteiger partial charge is 0.222 e. The van der Waals surface area contributed by atoms with Crippen LogP contribution in [-0.4, -0.2) is 56.7 Å². The molecule has 7 heteroatoms. The Balaban J connectivity index is 1.41. The van der Waals surface area contributed by atoms with E-state index >= 15 is 0 Å². The second-order valence-corrected chi connectivity index (χ2v) is 7.53. The molecule has 0 atom stereocenters. The maximum absolute atomic E-state index is 11.8. The van der Waals surface area contributed by atoms with Gasteiger partial charge in [-0.15, -0.1) is 0 Å². The Morgan fingerprint density at radius 2 is 2.00 bits per heavy atom. The Labute approximate surface area is 154 Å². The number of aromatic nitrogens is 4. The molecule has 2 aromatic rings. The van der Waals surface area contributed by atoms with Crippen LogP contribution in [0, 0.1) is 5.92 Å². The standard InChI is InChI=1S/C19H28N6O/c1-3-16-21-18-15(13-20-23(18)2)19(22-16)25-11-7-14(8-12-25)6-10-24-9-4-5-17(24)26/h13-14H,3-12H2,1-2H3. The molecule has 2 aliphatic heterocycles. The van der Waals surface area contributed by atoms with Crippen LogP contribution in [0.25, 0.3) is 11.0 Å². The van der Waals surface area contributed by atoms with E-state index in [0.717, 1.165) is 87.4 Å². The van der Waals surface area contributed by atoms with Gasteiger partial charge in [0.2, 0.25) is 5.91 Å². The molecule has 0 unspecified atom stereocenters. The SMILES string of the molecule is CCc1nc(N2CCC(CCN3CCCC3=O)CC2)c2cnn(C)c2n1. The van der Waals surface area contributed by atoms with Crippen molar-refractivity contribution in [2.24, 2.45) is 13.0 Å². The number of aryl methyl sites for hydroxylation is 2. The third-order valence-corrected chi connectivity index (χ3v) is 5.83. The highest BCUT2D eigenvalue weighted by atomic mass is 16.2. The predicted molar refractivity (Wildman–Crippen MR) is 101 cm³/mol. The summed E-state index contributed by atoms with van der Waals surface area (Å²) in [5.41, 5.74) is 0.918. The maximum Gasteiger partial charge on any atom is 0.222 e. The highest BCUT2D eigenvalue weighted by Gasteiger charge is 2.25. The van der Waals surface area contributed by atoms with E-state index in [1.807, 2.05) is 22.8 Å². The second kappa shape index (κ2) is 7.21. The molecule has 2 aromatic heterocycles. The Morgan fingerprint density at radius 1 is 1.19 bits per heavy atom. The van der Waals surface area contributed by atoms with Crippen LogP contribution in [0.5, 0.6) is 0 Å². The summed E-state index contributed by atoms with van der Waals surface area (Å²) >= 11 is 0. The molecule has 0 bridgehead atoms. The van der Waals surface area contributed by atoms with Crippen LogP contribution in [0.15, 0.2) is 6.20 Å². The van der Waals surface area contributed by atoms with E-state index in [1.165, 1.54) is 0 Å². The molecule has 0 radical (unpaired) electrons. The molecule has 0 spiro atoms. The number of rotatable bonds is 5. The van der Waals surface area contributed by atoms with Gasteiger partial charge in [-0.25, -0.2) is 9.97 Å². The molecule has 140 valence electrons. The van der Waals surface area contributed by atoms with Gasteiger partial charge in [0.25, 0.3) is 0 Å². The first-order chi connectivity index (χ1) is 12.7. The summed E-state index contributed by atoms with van der Waals surface area (Å²) < 4.78 is 1.83. The van der Waals surface area contributed by atoms with Crippen molar-refractivity contribution in [3.05, 3.63) is 12.0 Å². The molecule has 1 amide bonds. The van der Waals surface area contributed by atoms with E-state index in [0.29, 0.717) is 11.8 Å². The van der Waals surface area contributed by atoms with Crippen molar-refractivity contribution in [3.8, 4) is 0 Å². The van der Waals surface area contributed by atoms with Crippen LogP contribution >= 0.6 is 0 Å². The number of carbonyl (C=O) groups is 1. The lowest BCUT2D eigenvalue weighted by Crippen LogP contribution is -2.36. The minimum absolute atomic E-state index is 0.342. The number of nitrogens with zero attached hydrogens (tertiary/aromatic N) is 6. The summed E-state index contributed by atoms with van der Waals surface area (Å²) in [6.45, 7) is 6.01. The van der Waals surface area contributed by atoms with Crippen molar-refractivity contribution in [1.29, 1.82) is 0 Å². The van der Waals surface area contributed by atoms with Crippen LogP contribution in [0.2, 0.25) is 0 Å². The zero-order valence-corrected chi connectivity index (χ0v) is 15.8. The van der Waals surface area contributed by atoms with Crippen LogP contribution in [-0.2, 0) is 18.3 Å². The fourth-order valence-electron chi connectivity index (χ4n) is 4.16. The lowest BCUT2D eigenvalue weighted by atomic mass is 9.93. The van der Waals surface area contributed by atoms with Crippen LogP contribution in [0.3, 0.4) is 0 Å². The predicted octanol–water partition coefficient (Wildman–Crippen LogP) is 2.15. The average Bonchev–Trinajstić information content (AvgIpc) is 3.25. The molecule has 2 fully saturated rings. The molecular formula is C19H28N6O. The molecule has 2 aliphatic rings. The lowest BCUT2D eigenvalue weighted by molar-refractivity contribution is -0.127. The van der Waals surface area contributed by atoms with Crippen molar-refractivity contribution >= 4 is 22.8 Å². The number of anilines is 1. The second-order valence-electron chi connectivity index (χ2n) is 7.53. The number of fused-ring (bicyclic) bond motifs is 1. The third-order valence-electron chi connectivity index (χ3n) is 5.83.